The van der Waals surface area contributed by atoms with Gasteiger partial charge in [-0.05, 0) is 48.0 Å². The Morgan fingerprint density at radius 3 is 2.39 bits per heavy atom. The number of fused-ring (bicyclic) bond motifs is 1. The van der Waals surface area contributed by atoms with Gasteiger partial charge in [-0.25, -0.2) is 36.2 Å². The van der Waals surface area contributed by atoms with E-state index in [2.05, 4.69) is 4.98 Å². The number of pyridine rings is 1. The molecule has 0 unspecified atom stereocenters. The number of sulfonamides is 1. The highest BCUT2D eigenvalue weighted by atomic mass is 32.2. The third-order valence-electron chi connectivity index (χ3n) is 4.24. The Bertz CT molecular complexity index is 1170. The lowest BCUT2D eigenvalue weighted by Crippen LogP contribution is -2.48. The molecular weight excluding hydrogens is 388 g/mol. The summed E-state index contributed by atoms with van der Waals surface area (Å²) in [6.45, 7) is -0.304. The number of hydrogen-bond acceptors (Lipinski definition) is 4. The molecule has 28 heavy (non-hydrogen) atoms. The molecule has 9 heteroatoms. The van der Waals surface area contributed by atoms with Crippen LogP contribution in [-0.4, -0.2) is 23.7 Å². The molecule has 0 saturated carbocycles. The van der Waals surface area contributed by atoms with Gasteiger partial charge in [0.15, 0.2) is 5.82 Å². The van der Waals surface area contributed by atoms with Gasteiger partial charge in [-0.3, -0.25) is 0 Å². The number of amides is 2. The quantitative estimate of drug-likeness (QED) is 0.669. The van der Waals surface area contributed by atoms with Crippen LogP contribution in [0.4, 0.5) is 25.1 Å². The molecule has 0 aliphatic carbocycles. The van der Waals surface area contributed by atoms with E-state index >= 15 is 0 Å². The summed E-state index contributed by atoms with van der Waals surface area (Å²) in [5.41, 5.74) is 0.564. The van der Waals surface area contributed by atoms with Crippen LogP contribution in [0.1, 0.15) is 5.56 Å². The van der Waals surface area contributed by atoms with Crippen molar-refractivity contribution < 1.29 is 22.0 Å². The second kappa shape index (κ2) is 6.68. The van der Waals surface area contributed by atoms with Crippen molar-refractivity contribution in [2.45, 2.75) is 11.4 Å². The number of rotatable bonds is 3. The molecule has 3 aromatic rings. The van der Waals surface area contributed by atoms with E-state index < -0.39 is 27.7 Å². The summed E-state index contributed by atoms with van der Waals surface area (Å²) in [5, 5.41) is 0. The molecule has 6 nitrogen and oxygen atoms in total. The minimum Gasteiger partial charge on any atom is -0.246 e. The zero-order valence-corrected chi connectivity index (χ0v) is 15.1. The first-order valence-corrected chi connectivity index (χ1v) is 9.64. The van der Waals surface area contributed by atoms with Gasteiger partial charge in [-0.15, -0.1) is 0 Å². The van der Waals surface area contributed by atoms with Crippen LogP contribution in [0.2, 0.25) is 0 Å². The van der Waals surface area contributed by atoms with Crippen LogP contribution in [-0.2, 0) is 16.6 Å². The van der Waals surface area contributed by atoms with Crippen LogP contribution in [0.15, 0.2) is 71.8 Å². The molecular formula is C19H13F2N3O3S. The van der Waals surface area contributed by atoms with E-state index in [9.17, 15) is 22.0 Å². The summed E-state index contributed by atoms with van der Waals surface area (Å²) < 4.78 is 53.6. The highest BCUT2D eigenvalue weighted by Gasteiger charge is 2.43. The first-order valence-electron chi connectivity index (χ1n) is 8.20. The highest BCUT2D eigenvalue weighted by Crippen LogP contribution is 2.38. The molecule has 0 radical (unpaired) electrons. The molecule has 1 aromatic heterocycles. The lowest BCUT2D eigenvalue weighted by molar-refractivity contribution is 0.229. The zero-order chi connectivity index (χ0) is 19.9. The monoisotopic (exact) mass is 401 g/mol. The number of aromatic nitrogens is 1. The van der Waals surface area contributed by atoms with E-state index in [4.69, 9.17) is 0 Å². The van der Waals surface area contributed by atoms with E-state index in [1.165, 1.54) is 60.8 Å². The largest absolute Gasteiger partial charge is 0.344 e. The maximum Gasteiger partial charge on any atom is 0.344 e. The van der Waals surface area contributed by atoms with E-state index in [-0.39, 0.29) is 22.9 Å². The van der Waals surface area contributed by atoms with Crippen LogP contribution in [0.3, 0.4) is 0 Å². The molecule has 2 amide bonds. The average molecular weight is 401 g/mol. The maximum absolute atomic E-state index is 13.7. The predicted octanol–water partition coefficient (Wildman–Crippen LogP) is 3.82. The minimum absolute atomic E-state index is 0.103. The van der Waals surface area contributed by atoms with Crippen molar-refractivity contribution in [2.24, 2.45) is 0 Å². The Hall–Kier alpha value is -3.33. The molecule has 0 spiro atoms. The summed E-state index contributed by atoms with van der Waals surface area (Å²) in [5.74, 6) is -1.16. The summed E-state index contributed by atoms with van der Waals surface area (Å²) in [6.07, 6.45) is 1.35. The lowest BCUT2D eigenvalue weighted by atomic mass is 10.2. The van der Waals surface area contributed by atoms with Crippen molar-refractivity contribution in [3.05, 3.63) is 84.1 Å². The third-order valence-corrected chi connectivity index (χ3v) is 5.98. The summed E-state index contributed by atoms with van der Waals surface area (Å²) in [7, 11) is -4.20. The summed E-state index contributed by atoms with van der Waals surface area (Å²) in [6, 6.07) is 12.2. The van der Waals surface area contributed by atoms with Gasteiger partial charge in [0.1, 0.15) is 16.5 Å². The molecule has 1 aliphatic heterocycles. The summed E-state index contributed by atoms with van der Waals surface area (Å²) in [4.78, 5) is 18.0. The minimum atomic E-state index is -4.20. The van der Waals surface area contributed by atoms with Crippen molar-refractivity contribution in [2.75, 3.05) is 4.90 Å². The normalized spacial score (nSPS) is 15.4. The Kier molecular flexibility index (Phi) is 4.31. The number of benzene rings is 2. The Morgan fingerprint density at radius 1 is 0.929 bits per heavy atom. The molecule has 0 atom stereocenters. The molecule has 0 N–H and O–H groups in total. The number of nitrogens with zero attached hydrogens (tertiary/aromatic N) is 3. The van der Waals surface area contributed by atoms with E-state index in [1.54, 1.807) is 0 Å². The number of anilines is 2. The number of urea groups is 1. The van der Waals surface area contributed by atoms with E-state index in [0.29, 0.717) is 9.87 Å². The molecule has 0 bridgehead atoms. The lowest BCUT2D eigenvalue weighted by Gasteiger charge is -2.35. The van der Waals surface area contributed by atoms with Crippen LogP contribution in [0.25, 0.3) is 0 Å². The molecule has 0 fully saturated rings. The Balaban J connectivity index is 1.86. The number of carbonyl (C=O) groups is 1. The van der Waals surface area contributed by atoms with Crippen molar-refractivity contribution in [1.29, 1.82) is 0 Å². The number of carbonyl (C=O) groups excluding carboxylic acids is 1. The van der Waals surface area contributed by atoms with Crippen LogP contribution in [0, 0.1) is 11.6 Å². The second-order valence-corrected chi connectivity index (χ2v) is 7.89. The van der Waals surface area contributed by atoms with Gasteiger partial charge < -0.3 is 0 Å². The third kappa shape index (κ3) is 2.99. The van der Waals surface area contributed by atoms with Gasteiger partial charge in [0, 0.05) is 6.20 Å². The molecule has 142 valence electrons. The number of hydrogen-bond donors (Lipinski definition) is 0. The van der Waals surface area contributed by atoms with Crippen molar-refractivity contribution in [3.8, 4) is 0 Å². The summed E-state index contributed by atoms with van der Waals surface area (Å²) >= 11 is 0. The van der Waals surface area contributed by atoms with Crippen molar-refractivity contribution in [1.82, 2.24) is 9.29 Å². The second-order valence-electron chi connectivity index (χ2n) is 6.06. The van der Waals surface area contributed by atoms with Crippen LogP contribution < -0.4 is 4.90 Å². The fourth-order valence-electron chi connectivity index (χ4n) is 2.93. The maximum atomic E-state index is 13.7. The SMILES string of the molecule is O=C1N(c2cccc(F)c2)c2ncccc2S(=O)(=O)N1Cc1ccc(F)cc1. The fourth-order valence-corrected chi connectivity index (χ4v) is 4.40. The van der Waals surface area contributed by atoms with Crippen LogP contribution in [0.5, 0.6) is 0 Å². The molecule has 2 aromatic carbocycles. The fraction of sp³-hybridized carbons (Fsp3) is 0.0526. The van der Waals surface area contributed by atoms with Gasteiger partial charge in [0.25, 0.3) is 10.0 Å². The Morgan fingerprint density at radius 2 is 1.68 bits per heavy atom. The Labute approximate surface area is 159 Å². The molecule has 0 saturated heterocycles. The van der Waals surface area contributed by atoms with E-state index in [0.717, 1.165) is 11.0 Å². The van der Waals surface area contributed by atoms with E-state index in [1.807, 2.05) is 0 Å². The first kappa shape index (κ1) is 18.1. The average Bonchev–Trinajstić information content (AvgIpc) is 2.67. The first-order chi connectivity index (χ1) is 13.4. The predicted molar refractivity (Wildman–Crippen MR) is 97.3 cm³/mol. The standard InChI is InChI=1S/C19H13F2N3O3S/c20-14-8-6-13(7-9-14)12-23-19(25)24(16-4-1-3-15(21)11-16)18-17(28(23,26)27)5-2-10-22-18/h1-11H,12H2. The van der Waals surface area contributed by atoms with Crippen molar-refractivity contribution >= 4 is 27.6 Å². The van der Waals surface area contributed by atoms with Gasteiger partial charge >= 0.3 is 6.03 Å². The van der Waals surface area contributed by atoms with Crippen molar-refractivity contribution in [3.63, 3.8) is 0 Å². The molecule has 4 rings (SSSR count). The van der Waals surface area contributed by atoms with Gasteiger partial charge in [0.2, 0.25) is 0 Å². The topological polar surface area (TPSA) is 70.6 Å². The highest BCUT2D eigenvalue weighted by molar-refractivity contribution is 7.90. The number of halogens is 2. The van der Waals surface area contributed by atoms with Crippen LogP contribution >= 0.6 is 0 Å². The smallest absolute Gasteiger partial charge is 0.246 e. The molecule has 1 aliphatic rings. The molecule has 2 heterocycles. The van der Waals surface area contributed by atoms with Gasteiger partial charge in [-0.2, -0.15) is 0 Å². The van der Waals surface area contributed by atoms with Gasteiger partial charge in [-0.1, -0.05) is 18.2 Å². The zero-order valence-electron chi connectivity index (χ0n) is 14.3. The van der Waals surface area contributed by atoms with Gasteiger partial charge in [0.05, 0.1) is 12.2 Å².